The molecule has 1 aromatic rings. The van der Waals surface area contributed by atoms with Gasteiger partial charge in [0.2, 0.25) is 0 Å². The van der Waals surface area contributed by atoms with Crippen LogP contribution in [0, 0.1) is 5.92 Å². The van der Waals surface area contributed by atoms with Crippen molar-refractivity contribution in [1.29, 1.82) is 0 Å². The minimum atomic E-state index is 0.0649. The van der Waals surface area contributed by atoms with Gasteiger partial charge in [-0.05, 0) is 39.2 Å². The van der Waals surface area contributed by atoms with Crippen LogP contribution in [0.3, 0.4) is 0 Å². The molecule has 4 nitrogen and oxygen atoms in total. The molecule has 0 amide bonds. The molecule has 0 fully saturated rings. The monoisotopic (exact) mass is 271 g/mol. The first kappa shape index (κ1) is 15.2. The summed E-state index contributed by atoms with van der Waals surface area (Å²) in [6, 6.07) is 0.137. The highest BCUT2D eigenvalue weighted by Gasteiger charge is 2.19. The molecule has 0 aliphatic heterocycles. The average Bonchev–Trinajstić information content (AvgIpc) is 2.68. The van der Waals surface area contributed by atoms with E-state index in [1.165, 1.54) is 6.20 Å². The van der Waals surface area contributed by atoms with Crippen LogP contribution >= 0.6 is 11.6 Å². The summed E-state index contributed by atoms with van der Waals surface area (Å²) in [5.41, 5.74) is 6.03. The van der Waals surface area contributed by atoms with Crippen LogP contribution in [0.25, 0.3) is 0 Å². The van der Waals surface area contributed by atoms with Gasteiger partial charge in [-0.3, -0.25) is 9.48 Å². The van der Waals surface area contributed by atoms with Gasteiger partial charge in [0, 0.05) is 12.5 Å². The fourth-order valence-corrected chi connectivity index (χ4v) is 2.15. The summed E-state index contributed by atoms with van der Waals surface area (Å²) in [5, 5.41) is 4.59. The van der Waals surface area contributed by atoms with Crippen LogP contribution in [0.15, 0.2) is 6.20 Å². The standard InChI is InChI=1S/C13H22ClN3O/c1-9(2)17-13(11(14)8-16-17)12(18)5-4-10(3)6-7-15/h8-10H,4-7,15H2,1-3H3. The van der Waals surface area contributed by atoms with Gasteiger partial charge < -0.3 is 5.73 Å². The molecular weight excluding hydrogens is 250 g/mol. The van der Waals surface area contributed by atoms with Gasteiger partial charge in [0.25, 0.3) is 0 Å². The predicted molar refractivity (Wildman–Crippen MR) is 74.0 cm³/mol. The second kappa shape index (κ2) is 6.90. The number of ketones is 1. The van der Waals surface area contributed by atoms with Crippen molar-refractivity contribution in [2.75, 3.05) is 6.54 Å². The van der Waals surface area contributed by atoms with Gasteiger partial charge in [-0.2, -0.15) is 5.10 Å². The molecule has 1 heterocycles. The second-order valence-electron chi connectivity index (χ2n) is 5.02. The van der Waals surface area contributed by atoms with Gasteiger partial charge in [0.1, 0.15) is 5.69 Å². The maximum Gasteiger partial charge on any atom is 0.182 e. The molecule has 0 saturated carbocycles. The summed E-state index contributed by atoms with van der Waals surface area (Å²) in [6.45, 7) is 6.75. The fourth-order valence-electron chi connectivity index (χ4n) is 1.92. The third kappa shape index (κ3) is 3.82. The Hall–Kier alpha value is -0.870. The molecule has 2 N–H and O–H groups in total. The van der Waals surface area contributed by atoms with E-state index in [4.69, 9.17) is 17.3 Å². The second-order valence-corrected chi connectivity index (χ2v) is 5.43. The topological polar surface area (TPSA) is 60.9 Å². The molecular formula is C13H22ClN3O. The molecule has 5 heteroatoms. The highest BCUT2D eigenvalue weighted by atomic mass is 35.5. The van der Waals surface area contributed by atoms with E-state index >= 15 is 0 Å². The van der Waals surface area contributed by atoms with E-state index in [0.717, 1.165) is 12.8 Å². The largest absolute Gasteiger partial charge is 0.330 e. The number of aromatic nitrogens is 2. The molecule has 1 atom stereocenters. The Morgan fingerprint density at radius 2 is 2.11 bits per heavy atom. The van der Waals surface area contributed by atoms with Crippen molar-refractivity contribution in [2.24, 2.45) is 11.7 Å². The van der Waals surface area contributed by atoms with E-state index < -0.39 is 0 Å². The van der Waals surface area contributed by atoms with E-state index in [1.54, 1.807) is 4.68 Å². The van der Waals surface area contributed by atoms with Crippen LogP contribution in [-0.4, -0.2) is 22.1 Å². The van der Waals surface area contributed by atoms with Crippen LogP contribution in [0.2, 0.25) is 5.02 Å². The van der Waals surface area contributed by atoms with Gasteiger partial charge in [-0.15, -0.1) is 0 Å². The SMILES string of the molecule is CC(CCN)CCC(=O)c1c(Cl)cnn1C(C)C. The van der Waals surface area contributed by atoms with E-state index in [2.05, 4.69) is 12.0 Å². The molecule has 0 aliphatic carbocycles. The lowest BCUT2D eigenvalue weighted by Crippen LogP contribution is -2.14. The van der Waals surface area contributed by atoms with Crippen molar-refractivity contribution < 1.29 is 4.79 Å². The number of halogens is 1. The lowest BCUT2D eigenvalue weighted by atomic mass is 9.99. The van der Waals surface area contributed by atoms with Gasteiger partial charge in [0.15, 0.2) is 5.78 Å². The van der Waals surface area contributed by atoms with Crippen molar-refractivity contribution in [3.8, 4) is 0 Å². The zero-order chi connectivity index (χ0) is 13.7. The van der Waals surface area contributed by atoms with Gasteiger partial charge in [-0.1, -0.05) is 18.5 Å². The molecule has 18 heavy (non-hydrogen) atoms. The minimum Gasteiger partial charge on any atom is -0.330 e. The minimum absolute atomic E-state index is 0.0649. The zero-order valence-corrected chi connectivity index (χ0v) is 12.1. The van der Waals surface area contributed by atoms with E-state index in [0.29, 0.717) is 29.6 Å². The third-order valence-corrected chi connectivity index (χ3v) is 3.30. The lowest BCUT2D eigenvalue weighted by molar-refractivity contribution is 0.0962. The number of carbonyl (C=O) groups excluding carboxylic acids is 1. The summed E-state index contributed by atoms with van der Waals surface area (Å²) >= 11 is 6.04. The van der Waals surface area contributed by atoms with Crippen molar-refractivity contribution in [2.45, 2.75) is 46.1 Å². The number of carbonyl (C=O) groups is 1. The maximum absolute atomic E-state index is 12.2. The molecule has 0 radical (unpaired) electrons. The quantitative estimate of drug-likeness (QED) is 0.776. The van der Waals surface area contributed by atoms with Crippen LogP contribution in [0.5, 0.6) is 0 Å². The number of hydrogen-bond acceptors (Lipinski definition) is 3. The van der Waals surface area contributed by atoms with E-state index in [9.17, 15) is 4.79 Å². The molecule has 1 rings (SSSR count). The summed E-state index contributed by atoms with van der Waals surface area (Å²) < 4.78 is 1.69. The Morgan fingerprint density at radius 1 is 1.44 bits per heavy atom. The van der Waals surface area contributed by atoms with Crippen LogP contribution in [-0.2, 0) is 0 Å². The van der Waals surface area contributed by atoms with Crippen molar-refractivity contribution in [1.82, 2.24) is 9.78 Å². The van der Waals surface area contributed by atoms with Gasteiger partial charge >= 0.3 is 0 Å². The fraction of sp³-hybridized carbons (Fsp3) is 0.692. The molecule has 0 aliphatic rings. The number of rotatable bonds is 7. The first-order chi connectivity index (χ1) is 8.47. The zero-order valence-electron chi connectivity index (χ0n) is 11.3. The Bertz CT molecular complexity index is 401. The average molecular weight is 272 g/mol. The number of hydrogen-bond donors (Lipinski definition) is 1. The van der Waals surface area contributed by atoms with Crippen LogP contribution in [0.1, 0.15) is 56.6 Å². The Kier molecular flexibility index (Phi) is 5.82. The number of Topliss-reactive ketones (excluding diaryl/α,β-unsaturated/α-hetero) is 1. The Balaban J connectivity index is 2.69. The van der Waals surface area contributed by atoms with Gasteiger partial charge in [0.05, 0.1) is 11.2 Å². The lowest BCUT2D eigenvalue weighted by Gasteiger charge is -2.12. The van der Waals surface area contributed by atoms with Crippen LogP contribution < -0.4 is 5.73 Å². The third-order valence-electron chi connectivity index (χ3n) is 3.03. The highest BCUT2D eigenvalue weighted by molar-refractivity contribution is 6.33. The molecule has 0 saturated heterocycles. The summed E-state index contributed by atoms with van der Waals surface area (Å²) in [5.74, 6) is 0.531. The predicted octanol–water partition coefficient (Wildman–Crippen LogP) is 3.07. The van der Waals surface area contributed by atoms with Crippen molar-refractivity contribution in [3.05, 3.63) is 16.9 Å². The maximum atomic E-state index is 12.2. The molecule has 0 aromatic carbocycles. The first-order valence-corrected chi connectivity index (χ1v) is 6.81. The summed E-state index contributed by atoms with van der Waals surface area (Å²) in [6.07, 6.45) is 3.83. The van der Waals surface area contributed by atoms with Crippen molar-refractivity contribution in [3.63, 3.8) is 0 Å². The normalized spacial score (nSPS) is 13.0. The number of nitrogens with zero attached hydrogens (tertiary/aromatic N) is 2. The number of nitrogens with two attached hydrogens (primary N) is 1. The molecule has 0 bridgehead atoms. The molecule has 1 aromatic heterocycles. The van der Waals surface area contributed by atoms with Crippen LogP contribution in [0.4, 0.5) is 0 Å². The highest BCUT2D eigenvalue weighted by Crippen LogP contribution is 2.22. The smallest absolute Gasteiger partial charge is 0.182 e. The molecule has 1 unspecified atom stereocenters. The van der Waals surface area contributed by atoms with Crippen molar-refractivity contribution >= 4 is 17.4 Å². The van der Waals surface area contributed by atoms with E-state index in [1.807, 2.05) is 13.8 Å². The first-order valence-electron chi connectivity index (χ1n) is 6.43. The molecule has 0 spiro atoms. The van der Waals surface area contributed by atoms with E-state index in [-0.39, 0.29) is 11.8 Å². The Morgan fingerprint density at radius 3 is 2.67 bits per heavy atom. The molecule has 102 valence electrons. The van der Waals surface area contributed by atoms with Gasteiger partial charge in [-0.25, -0.2) is 0 Å². The Labute approximate surface area is 113 Å². The summed E-state index contributed by atoms with van der Waals surface area (Å²) in [7, 11) is 0. The summed E-state index contributed by atoms with van der Waals surface area (Å²) in [4.78, 5) is 12.2.